The molecule has 7 nitrogen and oxygen atoms in total. The third kappa shape index (κ3) is 2.28. The van der Waals surface area contributed by atoms with Gasteiger partial charge in [0.1, 0.15) is 5.75 Å². The molecule has 88 valence electrons. The van der Waals surface area contributed by atoms with E-state index >= 15 is 0 Å². The number of hydrogen-bond donors (Lipinski definition) is 0. The summed E-state index contributed by atoms with van der Waals surface area (Å²) in [6.45, 7) is 0.131. The maximum Gasteiger partial charge on any atom is 0.375 e. The largest absolute Gasteiger partial charge is 0.468 e. The lowest BCUT2D eigenvalue weighted by Gasteiger charge is -2.11. The van der Waals surface area contributed by atoms with Crippen LogP contribution < -0.4 is 9.64 Å². The molecule has 7 heteroatoms. The van der Waals surface area contributed by atoms with Crippen LogP contribution in [0, 0.1) is 0 Å². The normalized spacial score (nSPS) is 14.5. The predicted molar refractivity (Wildman–Crippen MR) is 57.1 cm³/mol. The summed E-state index contributed by atoms with van der Waals surface area (Å²) >= 11 is 0. The number of benzene rings is 1. The number of urea groups is 2. The molecular weight excluding hydrogens is 226 g/mol. The average Bonchev–Trinajstić information content (AvgIpc) is 2.67. The third-order valence-electron chi connectivity index (χ3n) is 2.04. The van der Waals surface area contributed by atoms with Gasteiger partial charge in [-0.2, -0.15) is 0 Å². The molecule has 0 aromatic heterocycles. The first-order valence-electron chi connectivity index (χ1n) is 4.74. The van der Waals surface area contributed by atoms with Crippen molar-refractivity contribution in [2.24, 2.45) is 10.2 Å². The zero-order valence-corrected chi connectivity index (χ0v) is 8.99. The number of azo groups is 1. The van der Waals surface area contributed by atoms with E-state index in [1.54, 1.807) is 24.3 Å². The SMILES string of the molecule is COCOc1ccc(N2C(=O)N=NC2=O)cc1. The summed E-state index contributed by atoms with van der Waals surface area (Å²) < 4.78 is 9.91. The quantitative estimate of drug-likeness (QED) is 0.749. The highest BCUT2D eigenvalue weighted by Gasteiger charge is 2.28. The van der Waals surface area contributed by atoms with Gasteiger partial charge < -0.3 is 9.47 Å². The predicted octanol–water partition coefficient (Wildman–Crippen LogP) is 2.18. The van der Waals surface area contributed by atoms with Crippen molar-refractivity contribution in [3.05, 3.63) is 24.3 Å². The van der Waals surface area contributed by atoms with Gasteiger partial charge in [0.2, 0.25) is 0 Å². The number of carbonyl (C=O) groups excluding carboxylic acids is 2. The van der Waals surface area contributed by atoms with Gasteiger partial charge in [0.05, 0.1) is 5.69 Å². The van der Waals surface area contributed by atoms with Gasteiger partial charge in [0.25, 0.3) is 0 Å². The van der Waals surface area contributed by atoms with Gasteiger partial charge in [-0.1, -0.05) is 10.2 Å². The number of anilines is 1. The van der Waals surface area contributed by atoms with Gasteiger partial charge in [-0.25, -0.2) is 14.5 Å². The lowest BCUT2D eigenvalue weighted by atomic mass is 10.3. The van der Waals surface area contributed by atoms with Gasteiger partial charge >= 0.3 is 12.1 Å². The monoisotopic (exact) mass is 235 g/mol. The lowest BCUT2D eigenvalue weighted by molar-refractivity contribution is 0.0511. The molecule has 0 aliphatic carbocycles. The molecule has 1 aliphatic rings. The number of imide groups is 1. The summed E-state index contributed by atoms with van der Waals surface area (Å²) in [5.74, 6) is 0.573. The molecule has 1 heterocycles. The Kier molecular flexibility index (Phi) is 3.10. The molecule has 2 rings (SSSR count). The fraction of sp³-hybridized carbons (Fsp3) is 0.200. The van der Waals surface area contributed by atoms with E-state index in [1.807, 2.05) is 0 Å². The summed E-state index contributed by atoms with van der Waals surface area (Å²) in [5, 5.41) is 6.32. The summed E-state index contributed by atoms with van der Waals surface area (Å²) in [4.78, 5) is 23.3. The Morgan fingerprint density at radius 2 is 1.71 bits per heavy atom. The summed E-state index contributed by atoms with van der Waals surface area (Å²) in [6, 6.07) is 4.98. The molecule has 0 fully saturated rings. The number of carbonyl (C=O) groups is 2. The van der Waals surface area contributed by atoms with E-state index < -0.39 is 12.1 Å². The second-order valence-corrected chi connectivity index (χ2v) is 3.15. The van der Waals surface area contributed by atoms with Crippen LogP contribution in [0.2, 0.25) is 0 Å². The zero-order chi connectivity index (χ0) is 12.3. The average molecular weight is 235 g/mol. The maximum absolute atomic E-state index is 11.2. The fourth-order valence-corrected chi connectivity index (χ4v) is 1.30. The van der Waals surface area contributed by atoms with Gasteiger partial charge in [0.15, 0.2) is 6.79 Å². The van der Waals surface area contributed by atoms with Gasteiger partial charge in [-0.15, -0.1) is 0 Å². The Morgan fingerprint density at radius 1 is 1.12 bits per heavy atom. The van der Waals surface area contributed by atoms with Crippen LogP contribution in [-0.4, -0.2) is 26.0 Å². The Hall–Kier alpha value is -2.28. The molecule has 17 heavy (non-hydrogen) atoms. The van der Waals surface area contributed by atoms with Crippen LogP contribution in [0.5, 0.6) is 5.75 Å². The summed E-state index contributed by atoms with van der Waals surface area (Å²) in [6.07, 6.45) is 0. The van der Waals surface area contributed by atoms with Crippen LogP contribution in [0.1, 0.15) is 0 Å². The first-order valence-corrected chi connectivity index (χ1v) is 4.74. The molecule has 0 atom stereocenters. The maximum atomic E-state index is 11.2. The minimum Gasteiger partial charge on any atom is -0.468 e. The molecular formula is C10H9N3O4. The molecule has 0 bridgehead atoms. The van der Waals surface area contributed by atoms with E-state index in [0.717, 1.165) is 4.90 Å². The third-order valence-corrected chi connectivity index (χ3v) is 2.04. The highest BCUT2D eigenvalue weighted by molar-refractivity contribution is 6.17. The highest BCUT2D eigenvalue weighted by Crippen LogP contribution is 2.23. The van der Waals surface area contributed by atoms with E-state index in [9.17, 15) is 9.59 Å². The molecule has 1 aromatic rings. The van der Waals surface area contributed by atoms with Crippen molar-refractivity contribution in [1.29, 1.82) is 0 Å². The van der Waals surface area contributed by atoms with Crippen LogP contribution in [0.15, 0.2) is 34.5 Å². The molecule has 0 saturated carbocycles. The topological polar surface area (TPSA) is 80.6 Å². The van der Waals surface area contributed by atoms with Gasteiger partial charge in [0, 0.05) is 7.11 Å². The van der Waals surface area contributed by atoms with Gasteiger partial charge in [-0.3, -0.25) is 0 Å². The smallest absolute Gasteiger partial charge is 0.375 e. The Morgan fingerprint density at radius 3 is 2.24 bits per heavy atom. The molecule has 0 spiro atoms. The number of nitrogens with zero attached hydrogens (tertiary/aromatic N) is 3. The van der Waals surface area contributed by atoms with E-state index in [4.69, 9.17) is 9.47 Å². The van der Waals surface area contributed by atoms with Gasteiger partial charge in [-0.05, 0) is 24.3 Å². The molecule has 4 amide bonds. The molecule has 0 N–H and O–H groups in total. The minimum atomic E-state index is -0.694. The highest BCUT2D eigenvalue weighted by atomic mass is 16.7. The second kappa shape index (κ2) is 4.71. The van der Waals surface area contributed by atoms with Crippen molar-refractivity contribution in [3.63, 3.8) is 0 Å². The Labute approximate surface area is 96.6 Å². The van der Waals surface area contributed by atoms with Crippen molar-refractivity contribution in [3.8, 4) is 5.75 Å². The summed E-state index contributed by atoms with van der Waals surface area (Å²) in [7, 11) is 1.51. The van der Waals surface area contributed by atoms with Crippen molar-refractivity contribution in [2.75, 3.05) is 18.8 Å². The summed E-state index contributed by atoms with van der Waals surface area (Å²) in [5.41, 5.74) is 0.398. The lowest BCUT2D eigenvalue weighted by Crippen LogP contribution is -2.27. The number of methoxy groups -OCH3 is 1. The number of hydrogen-bond acceptors (Lipinski definition) is 4. The number of ether oxygens (including phenoxy) is 2. The Balaban J connectivity index is 2.13. The van der Waals surface area contributed by atoms with E-state index in [0.29, 0.717) is 11.4 Å². The second-order valence-electron chi connectivity index (χ2n) is 3.15. The molecule has 0 radical (unpaired) electrons. The number of amides is 4. The molecule has 0 unspecified atom stereocenters. The first kappa shape index (κ1) is 11.2. The van der Waals surface area contributed by atoms with E-state index in [2.05, 4.69) is 10.2 Å². The molecule has 0 saturated heterocycles. The van der Waals surface area contributed by atoms with Crippen LogP contribution in [0.4, 0.5) is 15.3 Å². The standard InChI is InChI=1S/C10H9N3O4/c1-16-6-17-8-4-2-7(3-5-8)13-9(14)11-12-10(13)15/h2-5H,6H2,1H3. The van der Waals surface area contributed by atoms with Crippen LogP contribution in [-0.2, 0) is 4.74 Å². The van der Waals surface area contributed by atoms with Crippen molar-refractivity contribution in [2.45, 2.75) is 0 Å². The fourth-order valence-electron chi connectivity index (χ4n) is 1.30. The Bertz CT molecular complexity index is 451. The van der Waals surface area contributed by atoms with Crippen molar-refractivity contribution >= 4 is 17.7 Å². The molecule has 1 aliphatic heterocycles. The van der Waals surface area contributed by atoms with Crippen molar-refractivity contribution < 1.29 is 19.1 Å². The van der Waals surface area contributed by atoms with Crippen LogP contribution >= 0.6 is 0 Å². The molecule has 1 aromatic carbocycles. The number of rotatable bonds is 4. The zero-order valence-electron chi connectivity index (χ0n) is 8.99. The van der Waals surface area contributed by atoms with E-state index in [1.165, 1.54) is 7.11 Å². The van der Waals surface area contributed by atoms with Crippen molar-refractivity contribution in [1.82, 2.24) is 0 Å². The first-order chi connectivity index (χ1) is 8.22. The van der Waals surface area contributed by atoms with E-state index in [-0.39, 0.29) is 6.79 Å². The van der Waals surface area contributed by atoms with Crippen LogP contribution in [0.25, 0.3) is 0 Å². The minimum absolute atomic E-state index is 0.131. The van der Waals surface area contributed by atoms with Crippen LogP contribution in [0.3, 0.4) is 0 Å².